The molecule has 1 unspecified atom stereocenters. The van der Waals surface area contributed by atoms with E-state index in [1.54, 1.807) is 12.2 Å². The van der Waals surface area contributed by atoms with Crippen molar-refractivity contribution in [3.63, 3.8) is 0 Å². The summed E-state index contributed by atoms with van der Waals surface area (Å²) in [6, 6.07) is 13.9. The maximum atomic E-state index is 12.6. The van der Waals surface area contributed by atoms with Crippen LogP contribution in [0.3, 0.4) is 0 Å². The standard InChI is InChI=1S/C34H42ClN7O4/c1-5-34(43)39-27-16-28(31(44-4)17-30(27)40-12-9-26(10-13-40)41-19-22(2)46-23(3)20-41)38-32-18-33(37-21-36-32)42-29(11-14-45-42)24-7-6-8-25(35)15-24/h5-8,15-18,21-23,26,29H,1,9-14,19-20H2,2-4H3,(H,39,43)(H,36,37,38)/t22-,23+,29?. The minimum atomic E-state index is -0.286. The van der Waals surface area contributed by atoms with Crippen molar-refractivity contribution in [3.05, 3.63) is 72.0 Å². The number of hydrogen-bond acceptors (Lipinski definition) is 10. The van der Waals surface area contributed by atoms with Crippen LogP contribution in [0, 0.1) is 0 Å². The number of nitrogens with zero attached hydrogens (tertiary/aromatic N) is 5. The van der Waals surface area contributed by atoms with Gasteiger partial charge in [-0.3, -0.25) is 14.5 Å². The third kappa shape index (κ3) is 7.23. The number of amides is 1. The summed E-state index contributed by atoms with van der Waals surface area (Å²) in [5.41, 5.74) is 3.27. The average Bonchev–Trinajstić information content (AvgIpc) is 3.55. The maximum Gasteiger partial charge on any atom is 0.247 e. The van der Waals surface area contributed by atoms with Gasteiger partial charge < -0.3 is 25.0 Å². The van der Waals surface area contributed by atoms with Gasteiger partial charge in [-0.2, -0.15) is 0 Å². The first-order chi connectivity index (χ1) is 22.3. The lowest BCUT2D eigenvalue weighted by molar-refractivity contribution is -0.111. The molecule has 244 valence electrons. The van der Waals surface area contributed by atoms with Crippen LogP contribution in [-0.4, -0.2) is 78.9 Å². The number of methoxy groups -OCH3 is 1. The van der Waals surface area contributed by atoms with Crippen LogP contribution in [0.15, 0.2) is 61.4 Å². The molecule has 6 rings (SSSR count). The molecule has 3 aliphatic heterocycles. The van der Waals surface area contributed by atoms with Crippen molar-refractivity contribution >= 4 is 46.2 Å². The Bertz CT molecular complexity index is 1540. The maximum absolute atomic E-state index is 12.6. The zero-order valence-electron chi connectivity index (χ0n) is 26.6. The van der Waals surface area contributed by atoms with Gasteiger partial charge in [0.05, 0.1) is 49.0 Å². The van der Waals surface area contributed by atoms with Gasteiger partial charge in [-0.15, -0.1) is 0 Å². The van der Waals surface area contributed by atoms with Crippen molar-refractivity contribution in [2.75, 3.05) is 60.5 Å². The number of hydroxylamine groups is 1. The molecule has 2 aromatic carbocycles. The number of halogens is 1. The lowest BCUT2D eigenvalue weighted by atomic mass is 10.00. The highest BCUT2D eigenvalue weighted by Gasteiger charge is 2.32. The summed E-state index contributed by atoms with van der Waals surface area (Å²) in [6.45, 7) is 12.1. The van der Waals surface area contributed by atoms with E-state index in [1.165, 1.54) is 12.4 Å². The topological polar surface area (TPSA) is 104 Å². The largest absolute Gasteiger partial charge is 0.494 e. The van der Waals surface area contributed by atoms with Crippen molar-refractivity contribution < 1.29 is 19.1 Å². The molecule has 3 atom stereocenters. The molecule has 3 saturated heterocycles. The molecule has 0 aliphatic carbocycles. The van der Waals surface area contributed by atoms with Crippen LogP contribution in [0.1, 0.15) is 44.7 Å². The zero-order valence-corrected chi connectivity index (χ0v) is 27.4. The highest BCUT2D eigenvalue weighted by Crippen LogP contribution is 2.41. The number of nitrogens with one attached hydrogen (secondary N) is 2. The number of rotatable bonds is 9. The number of hydrogen-bond donors (Lipinski definition) is 2. The molecular formula is C34H42ClN7O4. The van der Waals surface area contributed by atoms with Crippen molar-refractivity contribution in [2.45, 2.75) is 57.4 Å². The molecule has 3 fully saturated rings. The van der Waals surface area contributed by atoms with Crippen molar-refractivity contribution in [2.24, 2.45) is 0 Å². The minimum absolute atomic E-state index is 0.0322. The molecule has 4 heterocycles. The van der Waals surface area contributed by atoms with Gasteiger partial charge in [0.25, 0.3) is 0 Å². The average molecular weight is 648 g/mol. The van der Waals surface area contributed by atoms with Crippen molar-refractivity contribution in [1.29, 1.82) is 0 Å². The molecule has 2 N–H and O–H groups in total. The summed E-state index contributed by atoms with van der Waals surface area (Å²) >= 11 is 6.28. The van der Waals surface area contributed by atoms with Crippen LogP contribution < -0.4 is 25.3 Å². The number of carbonyl (C=O) groups excluding carboxylic acids is 1. The second-order valence-corrected chi connectivity index (χ2v) is 12.5. The van der Waals surface area contributed by atoms with E-state index < -0.39 is 0 Å². The molecule has 0 spiro atoms. The monoisotopic (exact) mass is 647 g/mol. The predicted octanol–water partition coefficient (Wildman–Crippen LogP) is 5.97. The van der Waals surface area contributed by atoms with E-state index in [2.05, 4.69) is 50.8 Å². The van der Waals surface area contributed by atoms with Gasteiger partial charge >= 0.3 is 0 Å². The number of aromatic nitrogens is 2. The van der Waals surface area contributed by atoms with Crippen LogP contribution in [0.25, 0.3) is 0 Å². The first-order valence-electron chi connectivity index (χ1n) is 15.9. The molecular weight excluding hydrogens is 606 g/mol. The molecule has 11 nitrogen and oxygen atoms in total. The summed E-state index contributed by atoms with van der Waals surface area (Å²) in [5.74, 6) is 1.50. The Labute approximate surface area is 275 Å². The van der Waals surface area contributed by atoms with E-state index in [1.807, 2.05) is 42.5 Å². The summed E-state index contributed by atoms with van der Waals surface area (Å²) in [4.78, 5) is 32.4. The normalized spacial score (nSPS) is 22.5. The minimum Gasteiger partial charge on any atom is -0.494 e. The summed E-state index contributed by atoms with van der Waals surface area (Å²) < 4.78 is 11.8. The number of anilines is 5. The highest BCUT2D eigenvalue weighted by molar-refractivity contribution is 6.30. The van der Waals surface area contributed by atoms with E-state index in [0.29, 0.717) is 46.4 Å². The molecule has 0 radical (unpaired) electrons. The van der Waals surface area contributed by atoms with Gasteiger partial charge in [-0.25, -0.2) is 15.0 Å². The molecule has 3 aromatic rings. The Morgan fingerprint density at radius 1 is 1.07 bits per heavy atom. The third-order valence-electron chi connectivity index (χ3n) is 8.81. The smallest absolute Gasteiger partial charge is 0.247 e. The first-order valence-corrected chi connectivity index (χ1v) is 16.3. The van der Waals surface area contributed by atoms with Crippen molar-refractivity contribution in [3.8, 4) is 5.75 Å². The van der Waals surface area contributed by atoms with Crippen molar-refractivity contribution in [1.82, 2.24) is 14.9 Å². The van der Waals surface area contributed by atoms with Crippen LogP contribution in [0.2, 0.25) is 5.02 Å². The number of morpholine rings is 1. The molecule has 1 amide bonds. The number of piperidine rings is 1. The fourth-order valence-electron chi connectivity index (χ4n) is 6.75. The summed E-state index contributed by atoms with van der Waals surface area (Å²) in [6.07, 6.45) is 6.10. The lowest BCUT2D eigenvalue weighted by Gasteiger charge is -2.44. The van der Waals surface area contributed by atoms with Gasteiger partial charge in [0.2, 0.25) is 5.91 Å². The number of carbonyl (C=O) groups is 1. The second-order valence-electron chi connectivity index (χ2n) is 12.1. The number of ether oxygens (including phenoxy) is 2. The molecule has 1 aromatic heterocycles. The van der Waals surface area contributed by atoms with Crippen LogP contribution in [0.4, 0.5) is 28.7 Å². The lowest BCUT2D eigenvalue weighted by Crippen LogP contribution is -2.53. The molecule has 0 bridgehead atoms. The number of benzene rings is 2. The summed E-state index contributed by atoms with van der Waals surface area (Å²) in [5, 5.41) is 8.87. The van der Waals surface area contributed by atoms with Gasteiger partial charge in [0, 0.05) is 55.8 Å². The van der Waals surface area contributed by atoms with Crippen LogP contribution in [0.5, 0.6) is 5.75 Å². The first kappa shape index (κ1) is 32.1. The Hall–Kier alpha value is -3.90. The van der Waals surface area contributed by atoms with Gasteiger partial charge in [-0.05, 0) is 56.5 Å². The molecule has 0 saturated carbocycles. The fourth-order valence-corrected chi connectivity index (χ4v) is 6.95. The Morgan fingerprint density at radius 2 is 1.85 bits per heavy atom. The Morgan fingerprint density at radius 3 is 2.57 bits per heavy atom. The van der Waals surface area contributed by atoms with Gasteiger partial charge in [0.1, 0.15) is 17.9 Å². The molecule has 3 aliphatic rings. The van der Waals surface area contributed by atoms with E-state index in [9.17, 15) is 4.79 Å². The van der Waals surface area contributed by atoms with Gasteiger partial charge in [-0.1, -0.05) is 30.3 Å². The van der Waals surface area contributed by atoms with E-state index >= 15 is 0 Å². The van der Waals surface area contributed by atoms with E-state index in [-0.39, 0.29) is 24.2 Å². The zero-order chi connectivity index (χ0) is 32.2. The van der Waals surface area contributed by atoms with E-state index in [4.69, 9.17) is 25.9 Å². The third-order valence-corrected chi connectivity index (χ3v) is 9.04. The van der Waals surface area contributed by atoms with Crippen LogP contribution in [-0.2, 0) is 14.4 Å². The Balaban J connectivity index is 1.22. The fraction of sp³-hybridized carbons (Fsp3) is 0.441. The quantitative estimate of drug-likeness (QED) is 0.270. The van der Waals surface area contributed by atoms with Gasteiger partial charge in [0.15, 0.2) is 5.82 Å². The highest BCUT2D eigenvalue weighted by atomic mass is 35.5. The van der Waals surface area contributed by atoms with Crippen LogP contribution >= 0.6 is 11.6 Å². The molecule has 12 heteroatoms. The van der Waals surface area contributed by atoms with E-state index in [0.717, 1.165) is 56.7 Å². The second kappa shape index (κ2) is 14.3. The molecule has 46 heavy (non-hydrogen) atoms. The SMILES string of the molecule is C=CC(=O)Nc1cc(Nc2cc(N3OCCC3c3cccc(Cl)c3)ncn2)c(OC)cc1N1CCC(N2C[C@@H](C)O[C@@H](C)C2)CC1. The summed E-state index contributed by atoms with van der Waals surface area (Å²) in [7, 11) is 1.64. The predicted molar refractivity (Wildman–Crippen MR) is 181 cm³/mol. The Kier molecular flexibility index (Phi) is 9.93.